The van der Waals surface area contributed by atoms with Gasteiger partial charge in [0, 0.05) is 5.56 Å². The Balaban J connectivity index is 2.38. The van der Waals surface area contributed by atoms with Crippen LogP contribution in [0.3, 0.4) is 0 Å². The second-order valence-corrected chi connectivity index (χ2v) is 7.06. The van der Waals surface area contributed by atoms with Gasteiger partial charge in [-0.15, -0.1) is 0 Å². The smallest absolute Gasteiger partial charge is 0.196 e. The van der Waals surface area contributed by atoms with Crippen LogP contribution in [0, 0.1) is 0 Å². The predicted octanol–water partition coefficient (Wildman–Crippen LogP) is 4.83. The number of ketones is 2. The molecular weight excluding hydrogens is 312 g/mol. The number of allylic oxidation sites excluding steroid dienone is 1. The van der Waals surface area contributed by atoms with Gasteiger partial charge in [-0.3, -0.25) is 9.59 Å². The van der Waals surface area contributed by atoms with E-state index in [-0.39, 0.29) is 17.0 Å². The van der Waals surface area contributed by atoms with E-state index >= 15 is 0 Å². The van der Waals surface area contributed by atoms with E-state index in [0.29, 0.717) is 16.9 Å². The van der Waals surface area contributed by atoms with Gasteiger partial charge in [-0.2, -0.15) is 0 Å². The van der Waals surface area contributed by atoms with Gasteiger partial charge in [0.1, 0.15) is 5.75 Å². The van der Waals surface area contributed by atoms with Crippen LogP contribution in [0.15, 0.2) is 48.5 Å². The lowest BCUT2D eigenvalue weighted by Crippen LogP contribution is -2.13. The summed E-state index contributed by atoms with van der Waals surface area (Å²) in [7, 11) is 1.57. The molecule has 0 N–H and O–H groups in total. The van der Waals surface area contributed by atoms with Crippen molar-refractivity contribution in [1.29, 1.82) is 0 Å². The summed E-state index contributed by atoms with van der Waals surface area (Å²) in [5.74, 6) is 0.479. The standard InChI is InChI=1S/C22H24O3/c1-15(23)6-7-16-8-10-17(11-9-16)21(24)19-14-18(22(2,3)4)12-13-20(19)25-5/h6-14H,1-5H3. The maximum Gasteiger partial charge on any atom is 0.196 e. The minimum atomic E-state index is -0.0787. The predicted molar refractivity (Wildman–Crippen MR) is 101 cm³/mol. The van der Waals surface area contributed by atoms with Crippen LogP contribution < -0.4 is 4.74 Å². The Hall–Kier alpha value is -2.68. The highest BCUT2D eigenvalue weighted by Gasteiger charge is 2.20. The van der Waals surface area contributed by atoms with Crippen molar-refractivity contribution in [2.45, 2.75) is 33.1 Å². The van der Waals surface area contributed by atoms with Gasteiger partial charge in [0.05, 0.1) is 12.7 Å². The van der Waals surface area contributed by atoms with Crippen LogP contribution in [-0.4, -0.2) is 18.7 Å². The van der Waals surface area contributed by atoms with Gasteiger partial charge < -0.3 is 4.74 Å². The van der Waals surface area contributed by atoms with E-state index in [1.807, 2.05) is 30.3 Å². The van der Waals surface area contributed by atoms with Crippen molar-refractivity contribution >= 4 is 17.6 Å². The van der Waals surface area contributed by atoms with Gasteiger partial charge >= 0.3 is 0 Å². The Kier molecular flexibility index (Phi) is 5.58. The summed E-state index contributed by atoms with van der Waals surface area (Å²) >= 11 is 0. The Morgan fingerprint density at radius 3 is 2.16 bits per heavy atom. The maximum atomic E-state index is 12.9. The third-order valence-corrected chi connectivity index (χ3v) is 3.99. The topological polar surface area (TPSA) is 43.4 Å². The number of ether oxygens (including phenoxy) is 1. The molecule has 0 radical (unpaired) electrons. The highest BCUT2D eigenvalue weighted by atomic mass is 16.5. The van der Waals surface area contributed by atoms with Gasteiger partial charge in [-0.25, -0.2) is 0 Å². The van der Waals surface area contributed by atoms with Crippen molar-refractivity contribution in [3.05, 3.63) is 70.8 Å². The highest BCUT2D eigenvalue weighted by molar-refractivity contribution is 6.11. The first-order chi connectivity index (χ1) is 11.7. The van der Waals surface area contributed by atoms with Crippen LogP contribution in [0.5, 0.6) is 5.75 Å². The molecular formula is C22H24O3. The fraction of sp³-hybridized carbons (Fsp3) is 0.273. The third-order valence-electron chi connectivity index (χ3n) is 3.99. The molecule has 2 aromatic rings. The zero-order chi connectivity index (χ0) is 18.6. The molecule has 3 nitrogen and oxygen atoms in total. The fourth-order valence-corrected chi connectivity index (χ4v) is 2.47. The van der Waals surface area contributed by atoms with Crippen LogP contribution in [0.25, 0.3) is 6.08 Å². The number of carbonyl (C=O) groups excluding carboxylic acids is 2. The first kappa shape index (κ1) is 18.7. The van der Waals surface area contributed by atoms with Crippen molar-refractivity contribution in [3.63, 3.8) is 0 Å². The number of benzene rings is 2. The Bertz CT molecular complexity index is 806. The van der Waals surface area contributed by atoms with Crippen LogP contribution in [-0.2, 0) is 10.2 Å². The summed E-state index contributed by atoms with van der Waals surface area (Å²) in [5, 5.41) is 0. The molecule has 130 valence electrons. The zero-order valence-corrected chi connectivity index (χ0v) is 15.4. The first-order valence-corrected chi connectivity index (χ1v) is 8.24. The molecule has 0 amide bonds. The lowest BCUT2D eigenvalue weighted by Gasteiger charge is -2.20. The molecule has 0 spiro atoms. The quantitative estimate of drug-likeness (QED) is 0.580. The zero-order valence-electron chi connectivity index (χ0n) is 15.4. The molecule has 0 aliphatic carbocycles. The van der Waals surface area contributed by atoms with E-state index in [0.717, 1.165) is 11.1 Å². The Morgan fingerprint density at radius 2 is 1.64 bits per heavy atom. The van der Waals surface area contributed by atoms with Crippen molar-refractivity contribution in [2.24, 2.45) is 0 Å². The summed E-state index contributed by atoms with van der Waals surface area (Å²) in [6.45, 7) is 7.83. The maximum absolute atomic E-state index is 12.9. The molecule has 0 aromatic heterocycles. The minimum Gasteiger partial charge on any atom is -0.496 e. The van der Waals surface area contributed by atoms with Crippen molar-refractivity contribution in [3.8, 4) is 5.75 Å². The van der Waals surface area contributed by atoms with Crippen LogP contribution >= 0.6 is 0 Å². The van der Waals surface area contributed by atoms with Gasteiger partial charge in [-0.05, 0) is 41.7 Å². The lowest BCUT2D eigenvalue weighted by molar-refractivity contribution is -0.112. The SMILES string of the molecule is COc1ccc(C(C)(C)C)cc1C(=O)c1ccc(C=CC(C)=O)cc1. The molecule has 0 unspecified atom stereocenters. The molecule has 0 bridgehead atoms. The number of methoxy groups -OCH3 is 1. The minimum absolute atomic E-state index is 0.0103. The van der Waals surface area contributed by atoms with E-state index in [1.165, 1.54) is 13.0 Å². The lowest BCUT2D eigenvalue weighted by atomic mass is 9.85. The van der Waals surface area contributed by atoms with E-state index in [1.54, 1.807) is 25.3 Å². The largest absolute Gasteiger partial charge is 0.496 e. The second-order valence-electron chi connectivity index (χ2n) is 7.06. The van der Waals surface area contributed by atoms with Crippen molar-refractivity contribution < 1.29 is 14.3 Å². The number of carbonyl (C=O) groups is 2. The monoisotopic (exact) mass is 336 g/mol. The van der Waals surface area contributed by atoms with Crippen LogP contribution in [0.1, 0.15) is 54.7 Å². The Labute approximate surface area is 149 Å². The van der Waals surface area contributed by atoms with Crippen molar-refractivity contribution in [1.82, 2.24) is 0 Å². The molecule has 0 atom stereocenters. The van der Waals surface area contributed by atoms with Gasteiger partial charge in [-0.1, -0.05) is 57.2 Å². The van der Waals surface area contributed by atoms with E-state index in [9.17, 15) is 9.59 Å². The number of hydrogen-bond acceptors (Lipinski definition) is 3. The van der Waals surface area contributed by atoms with E-state index in [2.05, 4.69) is 20.8 Å². The summed E-state index contributed by atoms with van der Waals surface area (Å²) in [6.07, 6.45) is 3.24. The average Bonchev–Trinajstić information content (AvgIpc) is 2.58. The molecule has 0 saturated carbocycles. The van der Waals surface area contributed by atoms with E-state index < -0.39 is 0 Å². The third kappa shape index (κ3) is 4.66. The summed E-state index contributed by atoms with van der Waals surface area (Å²) < 4.78 is 5.37. The van der Waals surface area contributed by atoms with E-state index in [4.69, 9.17) is 4.74 Å². The molecule has 3 heteroatoms. The molecule has 25 heavy (non-hydrogen) atoms. The Morgan fingerprint density at radius 1 is 1.00 bits per heavy atom. The van der Waals surface area contributed by atoms with Crippen LogP contribution in [0.2, 0.25) is 0 Å². The molecule has 0 saturated heterocycles. The molecule has 0 heterocycles. The van der Waals surface area contributed by atoms with Gasteiger partial charge in [0.2, 0.25) is 0 Å². The second kappa shape index (κ2) is 7.47. The highest BCUT2D eigenvalue weighted by Crippen LogP contribution is 2.29. The molecule has 2 aromatic carbocycles. The number of hydrogen-bond donors (Lipinski definition) is 0. The summed E-state index contributed by atoms with van der Waals surface area (Å²) in [6, 6.07) is 12.9. The van der Waals surface area contributed by atoms with Crippen molar-refractivity contribution in [2.75, 3.05) is 7.11 Å². The average molecular weight is 336 g/mol. The molecule has 0 aliphatic heterocycles. The molecule has 2 rings (SSSR count). The van der Waals surface area contributed by atoms with Gasteiger partial charge in [0.25, 0.3) is 0 Å². The summed E-state index contributed by atoms with van der Waals surface area (Å²) in [4.78, 5) is 23.9. The summed E-state index contributed by atoms with van der Waals surface area (Å²) in [5.41, 5.74) is 3.05. The fourth-order valence-electron chi connectivity index (χ4n) is 2.47. The molecule has 0 aliphatic rings. The van der Waals surface area contributed by atoms with Gasteiger partial charge in [0.15, 0.2) is 11.6 Å². The van der Waals surface area contributed by atoms with Crippen LogP contribution in [0.4, 0.5) is 0 Å². The number of rotatable bonds is 5. The normalized spacial score (nSPS) is 11.6. The molecule has 0 fully saturated rings. The first-order valence-electron chi connectivity index (χ1n) is 8.24.